The Morgan fingerprint density at radius 1 is 0.535 bits per heavy atom. The van der Waals surface area contributed by atoms with E-state index < -0.39 is 0 Å². The molecule has 43 heavy (non-hydrogen) atoms. The molecule has 0 aliphatic heterocycles. The predicted molar refractivity (Wildman–Crippen MR) is 175 cm³/mol. The number of benzene rings is 4. The van der Waals surface area contributed by atoms with Crippen molar-refractivity contribution in [2.45, 2.75) is 26.7 Å². The summed E-state index contributed by atoms with van der Waals surface area (Å²) in [6.07, 6.45) is 1.72. The van der Waals surface area contributed by atoms with E-state index in [1.54, 1.807) is 0 Å². The number of hydrogen-bond donors (Lipinski definition) is 0. The van der Waals surface area contributed by atoms with E-state index in [-0.39, 0.29) is 0 Å². The number of fused-ring (bicyclic) bond motifs is 6. The minimum atomic E-state index is 0.661. The van der Waals surface area contributed by atoms with Gasteiger partial charge in [-0.05, 0) is 54.3 Å². The largest absolute Gasteiger partial charge is 0.452 e. The van der Waals surface area contributed by atoms with E-state index in [0.29, 0.717) is 11.4 Å². The zero-order valence-electron chi connectivity index (χ0n) is 24.0. The fourth-order valence-electron chi connectivity index (χ4n) is 5.92. The van der Waals surface area contributed by atoms with Gasteiger partial charge >= 0.3 is 0 Å². The van der Waals surface area contributed by atoms with Crippen molar-refractivity contribution in [3.8, 4) is 33.8 Å². The Labute approximate surface area is 248 Å². The molecule has 5 nitrogen and oxygen atoms in total. The molecule has 4 aromatic heterocycles. The molecule has 0 unspecified atom stereocenters. The molecule has 4 aromatic carbocycles. The molecule has 8 rings (SSSR count). The van der Waals surface area contributed by atoms with Crippen molar-refractivity contribution in [2.75, 3.05) is 0 Å². The molecule has 206 valence electrons. The van der Waals surface area contributed by atoms with E-state index in [9.17, 15) is 0 Å². The fourth-order valence-corrected chi connectivity index (χ4v) is 5.92. The first-order valence-corrected chi connectivity index (χ1v) is 14.8. The number of hydrogen-bond acceptors (Lipinski definition) is 5. The summed E-state index contributed by atoms with van der Waals surface area (Å²) in [6, 6.07) is 37.5. The number of rotatable bonds is 5. The maximum absolute atomic E-state index is 6.31. The van der Waals surface area contributed by atoms with Crippen molar-refractivity contribution in [3.63, 3.8) is 0 Å². The zero-order valence-corrected chi connectivity index (χ0v) is 24.0. The molecule has 0 bridgehead atoms. The fraction of sp³-hybridized carbons (Fsp3) is 0.105. The van der Waals surface area contributed by atoms with Crippen LogP contribution >= 0.6 is 0 Å². The summed E-state index contributed by atoms with van der Waals surface area (Å²) in [5.41, 5.74) is 11.3. The van der Waals surface area contributed by atoms with Gasteiger partial charge in [-0.2, -0.15) is 0 Å². The summed E-state index contributed by atoms with van der Waals surface area (Å²) in [4.78, 5) is 20.2. The minimum Gasteiger partial charge on any atom is -0.452 e. The third-order valence-corrected chi connectivity index (χ3v) is 8.17. The van der Waals surface area contributed by atoms with Crippen LogP contribution in [0.25, 0.3) is 77.6 Å². The first-order valence-electron chi connectivity index (χ1n) is 14.8. The summed E-state index contributed by atoms with van der Waals surface area (Å²) in [5, 5.41) is 3.17. The van der Waals surface area contributed by atoms with Gasteiger partial charge < -0.3 is 4.42 Å². The smallest absolute Gasteiger partial charge is 0.180 e. The zero-order chi connectivity index (χ0) is 28.9. The van der Waals surface area contributed by atoms with Crippen LogP contribution in [0.1, 0.15) is 25.2 Å². The Kier molecular flexibility index (Phi) is 5.97. The first-order chi connectivity index (χ1) is 21.2. The van der Waals surface area contributed by atoms with Crippen LogP contribution in [0.3, 0.4) is 0 Å². The van der Waals surface area contributed by atoms with E-state index in [0.717, 1.165) is 90.5 Å². The van der Waals surface area contributed by atoms with E-state index in [1.807, 2.05) is 36.4 Å². The highest BCUT2D eigenvalue weighted by molar-refractivity contribution is 6.09. The molecular weight excluding hydrogens is 528 g/mol. The summed E-state index contributed by atoms with van der Waals surface area (Å²) in [6.45, 7) is 4.28. The number of aromatic nitrogens is 4. The lowest BCUT2D eigenvalue weighted by Crippen LogP contribution is -1.96. The molecule has 0 N–H and O–H groups in total. The van der Waals surface area contributed by atoms with Gasteiger partial charge in [0, 0.05) is 38.7 Å². The third kappa shape index (κ3) is 4.24. The Hall–Kier alpha value is -5.42. The van der Waals surface area contributed by atoms with Gasteiger partial charge in [0.15, 0.2) is 11.4 Å². The van der Waals surface area contributed by atoms with Gasteiger partial charge in [-0.25, -0.2) is 9.97 Å². The molecule has 0 saturated heterocycles. The summed E-state index contributed by atoms with van der Waals surface area (Å²) < 4.78 is 6.31. The van der Waals surface area contributed by atoms with Gasteiger partial charge in [-0.15, -0.1) is 0 Å². The van der Waals surface area contributed by atoms with Crippen molar-refractivity contribution in [3.05, 3.63) is 121 Å². The average Bonchev–Trinajstić information content (AvgIpc) is 3.46. The maximum Gasteiger partial charge on any atom is 0.180 e. The third-order valence-electron chi connectivity index (χ3n) is 8.17. The highest BCUT2D eigenvalue weighted by Crippen LogP contribution is 2.37. The van der Waals surface area contributed by atoms with Crippen LogP contribution in [-0.2, 0) is 12.8 Å². The van der Waals surface area contributed by atoms with Gasteiger partial charge in [0.2, 0.25) is 0 Å². The van der Waals surface area contributed by atoms with Crippen molar-refractivity contribution >= 4 is 43.9 Å². The second-order valence-electron chi connectivity index (χ2n) is 10.8. The van der Waals surface area contributed by atoms with Crippen LogP contribution < -0.4 is 0 Å². The topological polar surface area (TPSA) is 64.7 Å². The molecule has 0 aliphatic rings. The summed E-state index contributed by atoms with van der Waals surface area (Å²) >= 11 is 0. The van der Waals surface area contributed by atoms with Crippen molar-refractivity contribution in [1.82, 2.24) is 19.9 Å². The van der Waals surface area contributed by atoms with E-state index in [1.165, 1.54) is 0 Å². The number of para-hydroxylation sites is 1. The van der Waals surface area contributed by atoms with Crippen molar-refractivity contribution in [2.24, 2.45) is 0 Å². The van der Waals surface area contributed by atoms with Crippen LogP contribution in [0.4, 0.5) is 0 Å². The van der Waals surface area contributed by atoms with Crippen molar-refractivity contribution < 1.29 is 4.42 Å². The Morgan fingerprint density at radius 3 is 2.14 bits per heavy atom. The lowest BCUT2D eigenvalue weighted by atomic mass is 9.96. The maximum atomic E-state index is 6.31. The Balaban J connectivity index is 1.36. The molecule has 0 amide bonds. The monoisotopic (exact) mass is 556 g/mol. The van der Waals surface area contributed by atoms with Crippen LogP contribution in [0.15, 0.2) is 114 Å². The van der Waals surface area contributed by atoms with Crippen LogP contribution in [0, 0.1) is 0 Å². The predicted octanol–water partition coefficient (Wildman–Crippen LogP) is 9.60. The Bertz CT molecular complexity index is 2320. The second-order valence-corrected chi connectivity index (χ2v) is 10.8. The normalized spacial score (nSPS) is 11.7. The van der Waals surface area contributed by atoms with Crippen LogP contribution in [-0.4, -0.2) is 19.9 Å². The number of furan rings is 1. The molecule has 8 aromatic rings. The van der Waals surface area contributed by atoms with E-state index >= 15 is 0 Å². The van der Waals surface area contributed by atoms with Gasteiger partial charge in [-0.3, -0.25) is 9.97 Å². The van der Waals surface area contributed by atoms with Gasteiger partial charge in [-0.1, -0.05) is 92.7 Å². The highest BCUT2D eigenvalue weighted by atomic mass is 16.3. The lowest BCUT2D eigenvalue weighted by molar-refractivity contribution is 0.667. The average molecular weight is 557 g/mol. The van der Waals surface area contributed by atoms with Gasteiger partial charge in [0.1, 0.15) is 16.8 Å². The van der Waals surface area contributed by atoms with Crippen LogP contribution in [0.5, 0.6) is 0 Å². The molecule has 0 aliphatic carbocycles. The molecule has 0 fully saturated rings. The second kappa shape index (κ2) is 10.1. The highest BCUT2D eigenvalue weighted by Gasteiger charge is 2.19. The minimum absolute atomic E-state index is 0.661. The van der Waals surface area contributed by atoms with E-state index in [2.05, 4.69) is 86.6 Å². The lowest BCUT2D eigenvalue weighted by Gasteiger charge is -2.13. The van der Waals surface area contributed by atoms with Crippen LogP contribution in [0.2, 0.25) is 0 Å². The molecule has 0 radical (unpaired) electrons. The molecule has 0 atom stereocenters. The van der Waals surface area contributed by atoms with E-state index in [4.69, 9.17) is 24.4 Å². The number of pyridine rings is 2. The molecule has 0 spiro atoms. The quantitative estimate of drug-likeness (QED) is 0.198. The summed E-state index contributed by atoms with van der Waals surface area (Å²) in [5.74, 6) is 0.661. The van der Waals surface area contributed by atoms with Gasteiger partial charge in [0.25, 0.3) is 0 Å². The molecule has 0 saturated carbocycles. The first kappa shape index (κ1) is 25.3. The molecular formula is C38H28N4O. The van der Waals surface area contributed by atoms with Gasteiger partial charge in [0.05, 0.1) is 11.0 Å². The SMILES string of the molecule is CCc1ccc2ccc3c(-c4cccc(-c5nc(-c6ccccc6)c6oc7ccccc7c6n5)c4)cc(CC)nc3c2n1. The Morgan fingerprint density at radius 2 is 1.28 bits per heavy atom. The molecule has 5 heteroatoms. The number of nitrogens with zero attached hydrogens (tertiary/aromatic N) is 4. The molecule has 4 heterocycles. The number of aryl methyl sites for hydroxylation is 2. The van der Waals surface area contributed by atoms with Crippen molar-refractivity contribution in [1.29, 1.82) is 0 Å². The summed E-state index contributed by atoms with van der Waals surface area (Å²) in [7, 11) is 0. The standard InChI is InChI=1S/C38H28N4O/c1-3-27-19-17-24-18-20-29-31(22-28(4-2)40-35(29)33(24)39-27)25-13-10-14-26(21-25)38-41-34(23-11-6-5-7-12-23)37-36(42-38)30-15-8-9-16-32(30)43-37/h5-22H,3-4H2,1-2H3.